The Morgan fingerprint density at radius 2 is 2.15 bits per heavy atom. The molecule has 0 aliphatic carbocycles. The maximum absolute atomic E-state index is 12.0. The summed E-state index contributed by atoms with van der Waals surface area (Å²) in [7, 11) is 0. The minimum absolute atomic E-state index is 0.141. The first-order chi connectivity index (χ1) is 5.95. The third-order valence-electron chi connectivity index (χ3n) is 1.23. The molecule has 1 heterocycles. The van der Waals surface area contributed by atoms with E-state index in [4.69, 9.17) is 0 Å². The molecule has 0 saturated carbocycles. The highest BCUT2D eigenvalue weighted by Gasteiger charge is 2.33. The smallest absolute Gasteiger partial charge is 0.262 e. The lowest BCUT2D eigenvalue weighted by molar-refractivity contribution is -0.140. The predicted molar refractivity (Wildman–Crippen MR) is 45.7 cm³/mol. The van der Waals surface area contributed by atoms with Crippen LogP contribution in [0.15, 0.2) is 17.0 Å². The SMILES string of the molecule is C=NC(=C)c1nc(C(F)(F)F)cs1. The summed E-state index contributed by atoms with van der Waals surface area (Å²) in [6, 6.07) is 0. The van der Waals surface area contributed by atoms with Crippen molar-refractivity contribution in [1.29, 1.82) is 0 Å². The number of aliphatic imine (C=N–C) groups is 1. The lowest BCUT2D eigenvalue weighted by Gasteiger charge is -1.99. The molecule has 1 aromatic rings. The van der Waals surface area contributed by atoms with E-state index < -0.39 is 11.9 Å². The van der Waals surface area contributed by atoms with E-state index in [2.05, 4.69) is 23.3 Å². The zero-order valence-electron chi connectivity index (χ0n) is 6.43. The zero-order valence-corrected chi connectivity index (χ0v) is 7.24. The Kier molecular flexibility index (Phi) is 2.51. The van der Waals surface area contributed by atoms with Gasteiger partial charge in [0.25, 0.3) is 0 Å². The second-order valence-electron chi connectivity index (χ2n) is 2.14. The number of thiazole rings is 1. The number of rotatable bonds is 2. The van der Waals surface area contributed by atoms with E-state index in [1.54, 1.807) is 0 Å². The van der Waals surface area contributed by atoms with Crippen LogP contribution in [-0.4, -0.2) is 11.7 Å². The molecule has 0 aliphatic heterocycles. The van der Waals surface area contributed by atoms with Gasteiger partial charge in [0.15, 0.2) is 5.69 Å². The summed E-state index contributed by atoms with van der Waals surface area (Å²) in [5.41, 5.74) is -0.766. The first-order valence-corrected chi connectivity index (χ1v) is 4.02. The van der Waals surface area contributed by atoms with Crippen molar-refractivity contribution in [3.63, 3.8) is 0 Å². The number of aromatic nitrogens is 1. The van der Waals surface area contributed by atoms with E-state index in [1.807, 2.05) is 0 Å². The van der Waals surface area contributed by atoms with Gasteiger partial charge in [-0.1, -0.05) is 6.58 Å². The van der Waals surface area contributed by atoms with E-state index >= 15 is 0 Å². The third-order valence-corrected chi connectivity index (χ3v) is 2.12. The van der Waals surface area contributed by atoms with Gasteiger partial charge in [-0.2, -0.15) is 13.2 Å². The van der Waals surface area contributed by atoms with Crippen molar-refractivity contribution in [2.45, 2.75) is 6.18 Å². The highest BCUT2D eigenvalue weighted by Crippen LogP contribution is 2.31. The van der Waals surface area contributed by atoms with Crippen molar-refractivity contribution >= 4 is 23.8 Å². The fraction of sp³-hybridized carbons (Fsp3) is 0.143. The number of hydrogen-bond acceptors (Lipinski definition) is 3. The first-order valence-electron chi connectivity index (χ1n) is 3.14. The van der Waals surface area contributed by atoms with Gasteiger partial charge in [-0.15, -0.1) is 11.3 Å². The Bertz CT molecular complexity index is 340. The topological polar surface area (TPSA) is 25.2 Å². The number of nitrogens with zero attached hydrogens (tertiary/aromatic N) is 2. The third kappa shape index (κ3) is 2.15. The number of hydrogen-bond donors (Lipinski definition) is 0. The van der Waals surface area contributed by atoms with Crippen molar-refractivity contribution in [3.05, 3.63) is 22.7 Å². The normalized spacial score (nSPS) is 11.3. The molecule has 1 aromatic heterocycles. The molecule has 0 amide bonds. The minimum Gasteiger partial charge on any atom is -0.262 e. The molecule has 0 atom stereocenters. The highest BCUT2D eigenvalue weighted by atomic mass is 32.1. The van der Waals surface area contributed by atoms with E-state index in [1.165, 1.54) is 0 Å². The molecule has 0 bridgehead atoms. The van der Waals surface area contributed by atoms with Gasteiger partial charge in [-0.05, 0) is 6.72 Å². The van der Waals surface area contributed by atoms with Crippen LogP contribution in [0.2, 0.25) is 0 Å². The number of halogens is 3. The predicted octanol–water partition coefficient (Wildman–Crippen LogP) is 2.83. The van der Waals surface area contributed by atoms with Crippen molar-refractivity contribution in [3.8, 4) is 0 Å². The van der Waals surface area contributed by atoms with Crippen molar-refractivity contribution in [1.82, 2.24) is 4.98 Å². The van der Waals surface area contributed by atoms with Crippen LogP contribution in [0.5, 0.6) is 0 Å². The fourth-order valence-electron chi connectivity index (χ4n) is 0.604. The maximum Gasteiger partial charge on any atom is 0.434 e. The standard InChI is InChI=1S/C7H5F3N2S/c1-4(11-2)6-12-5(3-13-6)7(8,9)10/h3H,1-2H2. The minimum atomic E-state index is -4.41. The van der Waals surface area contributed by atoms with E-state index in [9.17, 15) is 13.2 Å². The van der Waals surface area contributed by atoms with Crippen LogP contribution < -0.4 is 0 Å². The van der Waals surface area contributed by atoms with Gasteiger partial charge >= 0.3 is 6.18 Å². The Hall–Kier alpha value is -1.17. The first kappa shape index (κ1) is 9.91. The van der Waals surface area contributed by atoms with Crippen LogP contribution in [-0.2, 0) is 6.18 Å². The molecule has 13 heavy (non-hydrogen) atoms. The second-order valence-corrected chi connectivity index (χ2v) is 3.00. The van der Waals surface area contributed by atoms with Gasteiger partial charge in [0.1, 0.15) is 5.01 Å². The molecule has 0 aliphatic rings. The van der Waals surface area contributed by atoms with Crippen molar-refractivity contribution in [2.24, 2.45) is 4.99 Å². The molecule has 0 unspecified atom stereocenters. The van der Waals surface area contributed by atoms with Crippen molar-refractivity contribution < 1.29 is 13.2 Å². The largest absolute Gasteiger partial charge is 0.434 e. The highest BCUT2D eigenvalue weighted by molar-refractivity contribution is 7.10. The number of alkyl halides is 3. The van der Waals surface area contributed by atoms with E-state index in [-0.39, 0.29) is 10.7 Å². The van der Waals surface area contributed by atoms with Crippen LogP contribution in [0.3, 0.4) is 0 Å². The van der Waals surface area contributed by atoms with Gasteiger partial charge in [0, 0.05) is 5.38 Å². The van der Waals surface area contributed by atoms with Crippen LogP contribution in [0.25, 0.3) is 5.70 Å². The Balaban J connectivity index is 3.00. The molecule has 0 saturated heterocycles. The molecule has 70 valence electrons. The molecule has 0 N–H and O–H groups in total. The van der Waals surface area contributed by atoms with E-state index in [0.29, 0.717) is 0 Å². The summed E-state index contributed by atoms with van der Waals surface area (Å²) in [6.07, 6.45) is -4.41. The molecule has 0 radical (unpaired) electrons. The maximum atomic E-state index is 12.0. The molecule has 2 nitrogen and oxygen atoms in total. The van der Waals surface area contributed by atoms with Crippen LogP contribution in [0, 0.1) is 0 Å². The fourth-order valence-corrected chi connectivity index (χ4v) is 1.37. The summed E-state index contributed by atoms with van der Waals surface area (Å²) >= 11 is 0.845. The lowest BCUT2D eigenvalue weighted by atomic mass is 10.5. The van der Waals surface area contributed by atoms with Gasteiger partial charge in [0.05, 0.1) is 5.70 Å². The van der Waals surface area contributed by atoms with Gasteiger partial charge < -0.3 is 0 Å². The Labute approximate surface area is 76.5 Å². The second kappa shape index (κ2) is 3.29. The van der Waals surface area contributed by atoms with Gasteiger partial charge in [-0.25, -0.2) is 4.98 Å². The lowest BCUT2D eigenvalue weighted by Crippen LogP contribution is -2.05. The molecular weight excluding hydrogens is 201 g/mol. The van der Waals surface area contributed by atoms with Gasteiger partial charge in [0.2, 0.25) is 0 Å². The summed E-state index contributed by atoms with van der Waals surface area (Å²) < 4.78 is 36.1. The average Bonchev–Trinajstić information content (AvgIpc) is 2.50. The Morgan fingerprint density at radius 3 is 2.54 bits per heavy atom. The summed E-state index contributed by atoms with van der Waals surface area (Å²) in [6.45, 7) is 6.53. The summed E-state index contributed by atoms with van der Waals surface area (Å²) in [5.74, 6) is 0. The van der Waals surface area contributed by atoms with Crippen molar-refractivity contribution in [2.75, 3.05) is 0 Å². The molecule has 0 aromatic carbocycles. The average molecular weight is 206 g/mol. The monoisotopic (exact) mass is 206 g/mol. The molecule has 6 heteroatoms. The quantitative estimate of drug-likeness (QED) is 0.683. The van der Waals surface area contributed by atoms with E-state index in [0.717, 1.165) is 16.7 Å². The zero-order chi connectivity index (χ0) is 10.1. The Morgan fingerprint density at radius 1 is 1.54 bits per heavy atom. The van der Waals surface area contributed by atoms with Gasteiger partial charge in [-0.3, -0.25) is 4.99 Å². The molecule has 0 spiro atoms. The summed E-state index contributed by atoms with van der Waals surface area (Å²) in [4.78, 5) is 6.70. The summed E-state index contributed by atoms with van der Waals surface area (Å²) in [5, 5.41) is 1.06. The van der Waals surface area contributed by atoms with Crippen LogP contribution in [0.1, 0.15) is 10.7 Å². The molecule has 0 fully saturated rings. The molecule has 1 rings (SSSR count). The van der Waals surface area contributed by atoms with Crippen LogP contribution >= 0.6 is 11.3 Å². The van der Waals surface area contributed by atoms with Crippen LogP contribution in [0.4, 0.5) is 13.2 Å². The molecular formula is C7H5F3N2S.